The van der Waals surface area contributed by atoms with Gasteiger partial charge in [-0.05, 0) is 30.7 Å². The third-order valence-corrected chi connectivity index (χ3v) is 3.67. The van der Waals surface area contributed by atoms with Gasteiger partial charge in [0.15, 0.2) is 0 Å². The maximum Gasteiger partial charge on any atom is 0.271 e. The Morgan fingerprint density at radius 1 is 0.840 bits per heavy atom. The predicted molar refractivity (Wildman–Crippen MR) is 95.1 cm³/mol. The van der Waals surface area contributed by atoms with Crippen molar-refractivity contribution < 1.29 is 14.4 Å². The summed E-state index contributed by atoms with van der Waals surface area (Å²) in [5, 5.41) is 3.03. The first-order valence-corrected chi connectivity index (χ1v) is 8.12. The van der Waals surface area contributed by atoms with E-state index in [0.29, 0.717) is 23.6 Å². The van der Waals surface area contributed by atoms with Gasteiger partial charge in [0.2, 0.25) is 5.91 Å². The lowest BCUT2D eigenvalue weighted by Gasteiger charge is -2.09. The van der Waals surface area contributed by atoms with Gasteiger partial charge < -0.3 is 5.32 Å². The van der Waals surface area contributed by atoms with Crippen molar-refractivity contribution in [3.8, 4) is 0 Å². The van der Waals surface area contributed by atoms with Crippen molar-refractivity contribution in [2.75, 3.05) is 6.54 Å². The molecule has 2 rings (SSSR count). The molecule has 6 nitrogen and oxygen atoms in total. The maximum atomic E-state index is 11.9. The molecule has 0 saturated carbocycles. The van der Waals surface area contributed by atoms with Crippen LogP contribution in [0.1, 0.15) is 33.6 Å². The molecule has 25 heavy (non-hydrogen) atoms. The molecule has 0 aromatic heterocycles. The Bertz CT molecular complexity index is 750. The first-order valence-electron chi connectivity index (χ1n) is 7.75. The van der Waals surface area contributed by atoms with E-state index in [1.807, 2.05) is 6.07 Å². The molecule has 0 saturated heterocycles. The molecule has 7 heteroatoms. The van der Waals surface area contributed by atoms with E-state index in [1.165, 1.54) is 0 Å². The fraction of sp³-hybridized carbons (Fsp3) is 0.167. The predicted octanol–water partition coefficient (Wildman–Crippen LogP) is 2.31. The van der Waals surface area contributed by atoms with Gasteiger partial charge in [-0.3, -0.25) is 25.2 Å². The zero-order chi connectivity index (χ0) is 18.1. The summed E-state index contributed by atoms with van der Waals surface area (Å²) in [7, 11) is 0. The average molecular weight is 360 g/mol. The molecule has 0 atom stereocenters. The maximum absolute atomic E-state index is 11.9. The van der Waals surface area contributed by atoms with Gasteiger partial charge in [0.05, 0.1) is 10.6 Å². The van der Waals surface area contributed by atoms with E-state index in [4.69, 9.17) is 11.6 Å². The molecule has 0 aliphatic heterocycles. The van der Waals surface area contributed by atoms with Crippen LogP contribution >= 0.6 is 11.6 Å². The minimum absolute atomic E-state index is 0.165. The third-order valence-electron chi connectivity index (χ3n) is 3.34. The summed E-state index contributed by atoms with van der Waals surface area (Å²) in [4.78, 5) is 35.4. The Morgan fingerprint density at radius 3 is 2.24 bits per heavy atom. The summed E-state index contributed by atoms with van der Waals surface area (Å²) in [6.07, 6.45) is 0.615. The summed E-state index contributed by atoms with van der Waals surface area (Å²) in [6.45, 7) is 0.361. The highest BCUT2D eigenvalue weighted by molar-refractivity contribution is 6.33. The second-order valence-corrected chi connectivity index (χ2v) is 5.61. The molecule has 0 fully saturated rings. The molecule has 0 aliphatic carbocycles. The van der Waals surface area contributed by atoms with Gasteiger partial charge in [0.25, 0.3) is 11.8 Å². The van der Waals surface area contributed by atoms with Crippen LogP contribution in [0, 0.1) is 0 Å². The van der Waals surface area contributed by atoms with Crippen molar-refractivity contribution >= 4 is 29.3 Å². The number of nitrogens with one attached hydrogen (secondary N) is 3. The Morgan fingerprint density at radius 2 is 1.52 bits per heavy atom. The number of halogens is 1. The van der Waals surface area contributed by atoms with E-state index in [1.54, 1.807) is 48.5 Å². The van der Waals surface area contributed by atoms with Crippen LogP contribution in [0.15, 0.2) is 54.6 Å². The highest BCUT2D eigenvalue weighted by Crippen LogP contribution is 2.14. The van der Waals surface area contributed by atoms with Gasteiger partial charge >= 0.3 is 0 Å². The van der Waals surface area contributed by atoms with E-state index < -0.39 is 5.91 Å². The first kappa shape index (κ1) is 18.5. The lowest BCUT2D eigenvalue weighted by Crippen LogP contribution is -2.41. The number of hydrogen-bond donors (Lipinski definition) is 3. The van der Waals surface area contributed by atoms with Crippen molar-refractivity contribution in [2.24, 2.45) is 0 Å². The third kappa shape index (κ3) is 5.93. The molecule has 130 valence electrons. The fourth-order valence-electron chi connectivity index (χ4n) is 2.04. The summed E-state index contributed by atoms with van der Waals surface area (Å²) in [5.41, 5.74) is 5.47. The van der Waals surface area contributed by atoms with E-state index >= 15 is 0 Å². The highest BCUT2D eigenvalue weighted by Gasteiger charge is 2.10. The van der Waals surface area contributed by atoms with E-state index in [9.17, 15) is 14.4 Å². The zero-order valence-corrected chi connectivity index (χ0v) is 14.2. The van der Waals surface area contributed by atoms with E-state index in [2.05, 4.69) is 16.2 Å². The smallest absolute Gasteiger partial charge is 0.271 e. The normalized spacial score (nSPS) is 9.96. The van der Waals surface area contributed by atoms with Crippen molar-refractivity contribution in [1.82, 2.24) is 16.2 Å². The Hall–Kier alpha value is -2.86. The molecule has 0 bridgehead atoms. The van der Waals surface area contributed by atoms with Crippen LogP contribution in [0.3, 0.4) is 0 Å². The SMILES string of the molecule is O=C(CCCNC(=O)c1ccccc1)NNC(=O)c1ccccc1Cl. The van der Waals surface area contributed by atoms with Crippen LogP contribution in [-0.4, -0.2) is 24.3 Å². The van der Waals surface area contributed by atoms with Crippen LogP contribution in [0.4, 0.5) is 0 Å². The summed E-state index contributed by atoms with van der Waals surface area (Å²) in [6, 6.07) is 15.4. The van der Waals surface area contributed by atoms with Crippen molar-refractivity contribution in [3.05, 3.63) is 70.7 Å². The zero-order valence-electron chi connectivity index (χ0n) is 13.4. The number of amides is 3. The van der Waals surface area contributed by atoms with Crippen LogP contribution in [0.2, 0.25) is 5.02 Å². The van der Waals surface area contributed by atoms with E-state index in [-0.39, 0.29) is 23.8 Å². The minimum Gasteiger partial charge on any atom is -0.352 e. The molecule has 0 heterocycles. The lowest BCUT2D eigenvalue weighted by molar-refractivity contribution is -0.121. The lowest BCUT2D eigenvalue weighted by atomic mass is 10.2. The molecule has 2 aromatic carbocycles. The van der Waals surface area contributed by atoms with Crippen LogP contribution < -0.4 is 16.2 Å². The number of rotatable bonds is 6. The van der Waals surface area contributed by atoms with Crippen molar-refractivity contribution in [2.45, 2.75) is 12.8 Å². The number of hydrogen-bond acceptors (Lipinski definition) is 3. The summed E-state index contributed by atoms with van der Waals surface area (Å²) >= 11 is 5.90. The van der Waals surface area contributed by atoms with Crippen molar-refractivity contribution in [3.63, 3.8) is 0 Å². The summed E-state index contributed by atoms with van der Waals surface area (Å²) in [5.74, 6) is -1.03. The quantitative estimate of drug-likeness (QED) is 0.546. The molecular weight excluding hydrogens is 342 g/mol. The number of carbonyl (C=O) groups excluding carboxylic acids is 3. The number of benzene rings is 2. The average Bonchev–Trinajstić information content (AvgIpc) is 2.64. The molecule has 3 N–H and O–H groups in total. The molecule has 0 radical (unpaired) electrons. The number of hydrazine groups is 1. The highest BCUT2D eigenvalue weighted by atomic mass is 35.5. The van der Waals surface area contributed by atoms with Crippen molar-refractivity contribution in [1.29, 1.82) is 0 Å². The molecule has 2 aromatic rings. The van der Waals surface area contributed by atoms with Gasteiger partial charge in [-0.25, -0.2) is 0 Å². The largest absolute Gasteiger partial charge is 0.352 e. The Labute approximate surface area is 150 Å². The first-order chi connectivity index (χ1) is 12.1. The minimum atomic E-state index is -0.490. The van der Waals surface area contributed by atoms with Gasteiger partial charge in [-0.1, -0.05) is 41.9 Å². The van der Waals surface area contributed by atoms with Crippen LogP contribution in [0.5, 0.6) is 0 Å². The van der Waals surface area contributed by atoms with Crippen LogP contribution in [0.25, 0.3) is 0 Å². The topological polar surface area (TPSA) is 87.3 Å². The van der Waals surface area contributed by atoms with Gasteiger partial charge in [0, 0.05) is 18.5 Å². The van der Waals surface area contributed by atoms with E-state index in [0.717, 1.165) is 0 Å². The molecule has 0 spiro atoms. The molecular formula is C18H18ClN3O3. The second kappa shape index (κ2) is 9.44. The Kier molecular flexibility index (Phi) is 6.98. The molecule has 0 aliphatic rings. The molecule has 0 unspecified atom stereocenters. The van der Waals surface area contributed by atoms with Gasteiger partial charge in [-0.15, -0.1) is 0 Å². The van der Waals surface area contributed by atoms with Gasteiger partial charge in [-0.2, -0.15) is 0 Å². The monoisotopic (exact) mass is 359 g/mol. The summed E-state index contributed by atoms with van der Waals surface area (Å²) < 4.78 is 0. The standard InChI is InChI=1S/C18H18ClN3O3/c19-15-10-5-4-9-14(15)18(25)22-21-16(23)11-6-12-20-17(24)13-7-2-1-3-8-13/h1-5,7-10H,6,11-12H2,(H,20,24)(H,21,23)(H,22,25). The fourth-order valence-corrected chi connectivity index (χ4v) is 2.27. The molecule has 3 amide bonds. The second-order valence-electron chi connectivity index (χ2n) is 5.21. The van der Waals surface area contributed by atoms with Gasteiger partial charge in [0.1, 0.15) is 0 Å². The Balaban J connectivity index is 1.65. The van der Waals surface area contributed by atoms with Crippen LogP contribution in [-0.2, 0) is 4.79 Å². The number of carbonyl (C=O) groups is 3.